The van der Waals surface area contributed by atoms with E-state index in [-0.39, 0.29) is 5.91 Å². The molecule has 1 saturated heterocycles. The number of benzene rings is 2. The van der Waals surface area contributed by atoms with Crippen LogP contribution in [0, 0.1) is 13.8 Å². The fourth-order valence-electron chi connectivity index (χ4n) is 3.82. The van der Waals surface area contributed by atoms with Crippen LogP contribution in [0.15, 0.2) is 42.7 Å². The summed E-state index contributed by atoms with van der Waals surface area (Å²) in [4.78, 5) is 19.1. The van der Waals surface area contributed by atoms with E-state index in [4.69, 9.17) is 0 Å². The van der Waals surface area contributed by atoms with E-state index in [2.05, 4.69) is 37.0 Å². The molecule has 4 rings (SSSR count). The predicted octanol–water partition coefficient (Wildman–Crippen LogP) is 2.36. The summed E-state index contributed by atoms with van der Waals surface area (Å²) in [5.74, 6) is -0.0962. The van der Waals surface area contributed by atoms with Gasteiger partial charge in [-0.25, -0.2) is 13.4 Å². The normalized spacial score (nSPS) is 15.8. The van der Waals surface area contributed by atoms with Gasteiger partial charge in [0.1, 0.15) is 6.33 Å². The van der Waals surface area contributed by atoms with Crippen LogP contribution < -0.4 is 0 Å². The van der Waals surface area contributed by atoms with E-state index < -0.39 is 10.0 Å². The highest BCUT2D eigenvalue weighted by atomic mass is 32.2. The molecule has 29 heavy (non-hydrogen) atoms. The molecule has 0 spiro atoms. The molecule has 3 aromatic rings. The monoisotopic (exact) mass is 412 g/mol. The van der Waals surface area contributed by atoms with Crippen molar-refractivity contribution in [1.82, 2.24) is 18.8 Å². The molecule has 2 aromatic carbocycles. The first-order valence-corrected chi connectivity index (χ1v) is 11.4. The Labute approximate surface area is 170 Å². The first kappa shape index (κ1) is 19.6. The largest absolute Gasteiger partial charge is 0.336 e. The highest BCUT2D eigenvalue weighted by molar-refractivity contribution is 7.88. The predicted molar refractivity (Wildman–Crippen MR) is 113 cm³/mol. The number of hydrogen-bond acceptors (Lipinski definition) is 4. The highest BCUT2D eigenvalue weighted by Crippen LogP contribution is 2.23. The van der Waals surface area contributed by atoms with Crippen LogP contribution in [0.1, 0.15) is 21.5 Å². The quantitative estimate of drug-likeness (QED) is 0.662. The molecule has 0 radical (unpaired) electrons. The van der Waals surface area contributed by atoms with Crippen molar-refractivity contribution in [3.8, 4) is 5.69 Å². The number of aromatic nitrogens is 2. The molecule has 1 fully saturated rings. The number of sulfonamides is 1. The lowest BCUT2D eigenvalue weighted by Gasteiger charge is -2.33. The van der Waals surface area contributed by atoms with Crippen molar-refractivity contribution < 1.29 is 13.2 Å². The average Bonchev–Trinajstić information content (AvgIpc) is 3.10. The minimum Gasteiger partial charge on any atom is -0.336 e. The van der Waals surface area contributed by atoms with Crippen LogP contribution in [0.4, 0.5) is 0 Å². The third-order valence-corrected chi connectivity index (χ3v) is 6.70. The molecule has 1 aliphatic heterocycles. The number of hydrogen-bond donors (Lipinski definition) is 0. The standard InChI is InChI=1S/C21H24N4O3S/c1-15-4-6-19(16(2)12-15)25-14-22-18-13-17(5-7-20(18)25)21(26)23-8-10-24(11-9-23)29(3,27)28/h4-7,12-14H,8-11H2,1-3H3. The van der Waals surface area contributed by atoms with Crippen LogP contribution in [0.2, 0.25) is 0 Å². The van der Waals surface area contributed by atoms with E-state index in [1.54, 1.807) is 17.3 Å². The van der Waals surface area contributed by atoms with Crippen molar-refractivity contribution in [2.24, 2.45) is 0 Å². The summed E-state index contributed by atoms with van der Waals surface area (Å²) in [6.07, 6.45) is 2.98. The molecule has 8 heteroatoms. The molecule has 1 aromatic heterocycles. The van der Waals surface area contributed by atoms with Crippen molar-refractivity contribution in [2.45, 2.75) is 13.8 Å². The fourth-order valence-corrected chi connectivity index (χ4v) is 4.65. The van der Waals surface area contributed by atoms with Gasteiger partial charge >= 0.3 is 0 Å². The Kier molecular flexibility index (Phi) is 4.92. The maximum absolute atomic E-state index is 12.9. The summed E-state index contributed by atoms with van der Waals surface area (Å²) >= 11 is 0. The van der Waals surface area contributed by atoms with Gasteiger partial charge in [0, 0.05) is 31.7 Å². The first-order valence-electron chi connectivity index (χ1n) is 9.53. The summed E-state index contributed by atoms with van der Waals surface area (Å²) in [6, 6.07) is 11.8. The van der Waals surface area contributed by atoms with E-state index in [9.17, 15) is 13.2 Å². The number of carbonyl (C=O) groups is 1. The Hall–Kier alpha value is -2.71. The van der Waals surface area contributed by atoms with Gasteiger partial charge in [0.2, 0.25) is 10.0 Å². The molecule has 0 aliphatic carbocycles. The minimum atomic E-state index is -3.22. The van der Waals surface area contributed by atoms with Crippen molar-refractivity contribution in [1.29, 1.82) is 0 Å². The van der Waals surface area contributed by atoms with Gasteiger partial charge in [-0.1, -0.05) is 17.7 Å². The maximum Gasteiger partial charge on any atom is 0.254 e. The van der Waals surface area contributed by atoms with Gasteiger partial charge in [-0.2, -0.15) is 4.31 Å². The Morgan fingerprint density at radius 3 is 2.38 bits per heavy atom. The second kappa shape index (κ2) is 7.27. The van der Waals surface area contributed by atoms with Crippen molar-refractivity contribution >= 4 is 27.0 Å². The molecule has 1 amide bonds. The van der Waals surface area contributed by atoms with Gasteiger partial charge in [-0.05, 0) is 43.7 Å². The second-order valence-electron chi connectivity index (χ2n) is 7.56. The number of imidazole rings is 1. The summed E-state index contributed by atoms with van der Waals surface area (Å²) in [6.45, 7) is 5.57. The van der Waals surface area contributed by atoms with Gasteiger partial charge in [0.25, 0.3) is 5.91 Å². The first-order chi connectivity index (χ1) is 13.7. The number of fused-ring (bicyclic) bond motifs is 1. The Bertz CT molecular complexity index is 1190. The Morgan fingerprint density at radius 2 is 1.72 bits per heavy atom. The van der Waals surface area contributed by atoms with Crippen molar-refractivity contribution in [2.75, 3.05) is 32.4 Å². The summed E-state index contributed by atoms with van der Waals surface area (Å²) in [5.41, 5.74) is 5.69. The van der Waals surface area contributed by atoms with Crippen LogP contribution >= 0.6 is 0 Å². The van der Waals surface area contributed by atoms with Crippen molar-refractivity contribution in [3.63, 3.8) is 0 Å². The number of aryl methyl sites for hydroxylation is 2. The van der Waals surface area contributed by atoms with Gasteiger partial charge in [-0.3, -0.25) is 9.36 Å². The third-order valence-electron chi connectivity index (χ3n) is 5.40. The van der Waals surface area contributed by atoms with E-state index >= 15 is 0 Å². The van der Waals surface area contributed by atoms with Gasteiger partial charge in [0.05, 0.1) is 23.0 Å². The lowest BCUT2D eigenvalue weighted by atomic mass is 10.1. The van der Waals surface area contributed by atoms with Crippen LogP contribution in [0.3, 0.4) is 0 Å². The molecule has 1 aliphatic rings. The lowest BCUT2D eigenvalue weighted by Crippen LogP contribution is -2.50. The van der Waals surface area contributed by atoms with E-state index in [0.717, 1.165) is 22.3 Å². The Balaban J connectivity index is 1.58. The molecule has 0 saturated carbocycles. The summed E-state index contributed by atoms with van der Waals surface area (Å²) < 4.78 is 26.7. The van der Waals surface area contributed by atoms with Gasteiger partial charge < -0.3 is 4.90 Å². The van der Waals surface area contributed by atoms with Crippen LogP contribution in [-0.4, -0.2) is 65.5 Å². The van der Waals surface area contributed by atoms with Crippen LogP contribution in [0.5, 0.6) is 0 Å². The average molecular weight is 413 g/mol. The third kappa shape index (κ3) is 3.77. The SMILES string of the molecule is Cc1ccc(-n2cnc3cc(C(=O)N4CCN(S(C)(=O)=O)CC4)ccc32)c(C)c1. The summed E-state index contributed by atoms with van der Waals surface area (Å²) in [5, 5.41) is 0. The zero-order chi connectivity index (χ0) is 20.8. The molecule has 0 unspecified atom stereocenters. The lowest BCUT2D eigenvalue weighted by molar-refractivity contribution is 0.0698. The second-order valence-corrected chi connectivity index (χ2v) is 9.54. The summed E-state index contributed by atoms with van der Waals surface area (Å²) in [7, 11) is -3.22. The fraction of sp³-hybridized carbons (Fsp3) is 0.333. The highest BCUT2D eigenvalue weighted by Gasteiger charge is 2.26. The molecule has 0 atom stereocenters. The van der Waals surface area contributed by atoms with E-state index in [1.165, 1.54) is 16.1 Å². The Morgan fingerprint density at radius 1 is 1.00 bits per heavy atom. The van der Waals surface area contributed by atoms with Gasteiger partial charge in [-0.15, -0.1) is 0 Å². The van der Waals surface area contributed by atoms with Crippen LogP contribution in [0.25, 0.3) is 16.7 Å². The molecule has 2 heterocycles. The molecular weight excluding hydrogens is 388 g/mol. The topological polar surface area (TPSA) is 75.5 Å². The number of carbonyl (C=O) groups excluding carboxylic acids is 1. The van der Waals surface area contributed by atoms with Gasteiger partial charge in [0.15, 0.2) is 0 Å². The minimum absolute atomic E-state index is 0.0962. The maximum atomic E-state index is 12.9. The van der Waals surface area contributed by atoms with Crippen molar-refractivity contribution in [3.05, 3.63) is 59.4 Å². The van der Waals surface area contributed by atoms with E-state index in [1.807, 2.05) is 16.7 Å². The van der Waals surface area contributed by atoms with E-state index in [0.29, 0.717) is 31.7 Å². The van der Waals surface area contributed by atoms with Crippen LogP contribution in [-0.2, 0) is 10.0 Å². The molecule has 7 nitrogen and oxygen atoms in total. The molecule has 0 bridgehead atoms. The molecular formula is C21H24N4O3S. The molecule has 0 N–H and O–H groups in total. The number of amides is 1. The zero-order valence-corrected chi connectivity index (χ0v) is 17.6. The number of nitrogens with zero attached hydrogens (tertiary/aromatic N) is 4. The zero-order valence-electron chi connectivity index (χ0n) is 16.8. The molecule has 152 valence electrons. The number of rotatable bonds is 3. The number of piperazine rings is 1. The smallest absolute Gasteiger partial charge is 0.254 e.